The molecule has 4 fully saturated rings. The van der Waals surface area contributed by atoms with Crippen molar-refractivity contribution >= 4 is 5.57 Å². The molecule has 1 aliphatic heterocycles. The second-order valence-corrected chi connectivity index (χ2v) is 8.85. The van der Waals surface area contributed by atoms with Crippen LogP contribution in [-0.2, 0) is 14.5 Å². The zero-order valence-corrected chi connectivity index (χ0v) is 15.6. The van der Waals surface area contributed by atoms with Gasteiger partial charge in [-0.3, -0.25) is 0 Å². The van der Waals surface area contributed by atoms with Crippen LogP contribution in [0.15, 0.2) is 30.8 Å². The first-order chi connectivity index (χ1) is 12.7. The molecule has 0 amide bonds. The molecule has 5 rings (SSSR count). The summed E-state index contributed by atoms with van der Waals surface area (Å²) in [6.07, 6.45) is 11.3. The minimum absolute atomic E-state index is 0.208. The van der Waals surface area contributed by atoms with Gasteiger partial charge in [0.2, 0.25) is 5.79 Å². The van der Waals surface area contributed by atoms with Gasteiger partial charge in [-0.1, -0.05) is 50.1 Å². The maximum Gasteiger partial charge on any atom is 0.204 e. The van der Waals surface area contributed by atoms with Crippen LogP contribution < -0.4 is 0 Å². The second-order valence-electron chi connectivity index (χ2n) is 8.85. The highest BCUT2D eigenvalue weighted by atomic mass is 17.2. The van der Waals surface area contributed by atoms with Crippen LogP contribution in [0.4, 0.5) is 0 Å². The van der Waals surface area contributed by atoms with Crippen molar-refractivity contribution in [2.24, 2.45) is 11.8 Å². The zero-order chi connectivity index (χ0) is 17.6. The fourth-order valence-corrected chi connectivity index (χ4v) is 5.67. The topological polar surface area (TPSA) is 27.7 Å². The Hall–Kier alpha value is -1.16. The zero-order valence-electron chi connectivity index (χ0n) is 15.6. The molecule has 1 aromatic carbocycles. The van der Waals surface area contributed by atoms with Gasteiger partial charge in [-0.25, -0.2) is 9.78 Å². The molecule has 2 bridgehead atoms. The Kier molecular flexibility index (Phi) is 4.42. The molecule has 3 aliphatic carbocycles. The summed E-state index contributed by atoms with van der Waals surface area (Å²) >= 11 is 0. The average molecular weight is 354 g/mol. The summed E-state index contributed by atoms with van der Waals surface area (Å²) in [4.78, 5) is 11.7. The standard InChI is InChI=1S/C23H30O3/c1-16(18-8-10-20(11-9-18)19-5-3-2-4-6-19)22-15-24-23(26-25-22)14-17-7-12-21(23)13-17/h8-11,17,19,21-22H,1-7,12-15H2. The average Bonchev–Trinajstić information content (AvgIpc) is 3.30. The predicted octanol–water partition coefficient (Wildman–Crippen LogP) is 5.61. The third-order valence-electron chi connectivity index (χ3n) is 7.27. The van der Waals surface area contributed by atoms with E-state index in [-0.39, 0.29) is 6.10 Å². The monoisotopic (exact) mass is 354 g/mol. The lowest BCUT2D eigenvalue weighted by Gasteiger charge is -2.41. The van der Waals surface area contributed by atoms with Gasteiger partial charge in [0.15, 0.2) is 0 Å². The molecule has 0 aromatic heterocycles. The van der Waals surface area contributed by atoms with E-state index < -0.39 is 5.79 Å². The van der Waals surface area contributed by atoms with Crippen LogP contribution in [0.25, 0.3) is 5.57 Å². The van der Waals surface area contributed by atoms with E-state index in [4.69, 9.17) is 14.5 Å². The predicted molar refractivity (Wildman–Crippen MR) is 101 cm³/mol. The minimum atomic E-state index is -0.468. The summed E-state index contributed by atoms with van der Waals surface area (Å²) in [5.74, 6) is 1.54. The highest BCUT2D eigenvalue weighted by molar-refractivity contribution is 5.67. The summed E-state index contributed by atoms with van der Waals surface area (Å²) in [6, 6.07) is 8.94. The van der Waals surface area contributed by atoms with Gasteiger partial charge in [-0.05, 0) is 60.6 Å². The Morgan fingerprint density at radius 1 is 1.00 bits per heavy atom. The smallest absolute Gasteiger partial charge is 0.204 e. The molecule has 26 heavy (non-hydrogen) atoms. The molecule has 3 saturated carbocycles. The molecule has 1 aromatic rings. The van der Waals surface area contributed by atoms with Crippen LogP contribution in [0, 0.1) is 11.8 Å². The quantitative estimate of drug-likeness (QED) is 0.660. The third-order valence-corrected chi connectivity index (χ3v) is 7.27. The van der Waals surface area contributed by atoms with E-state index in [9.17, 15) is 0 Å². The van der Waals surface area contributed by atoms with Crippen molar-refractivity contribution < 1.29 is 14.5 Å². The number of rotatable bonds is 3. The molecule has 140 valence electrons. The first kappa shape index (κ1) is 17.0. The van der Waals surface area contributed by atoms with Crippen LogP contribution in [0.5, 0.6) is 0 Å². The van der Waals surface area contributed by atoms with E-state index in [1.807, 2.05) is 0 Å². The lowest BCUT2D eigenvalue weighted by Crippen LogP contribution is -2.48. The minimum Gasteiger partial charge on any atom is -0.344 e. The van der Waals surface area contributed by atoms with Crippen molar-refractivity contribution in [3.63, 3.8) is 0 Å². The van der Waals surface area contributed by atoms with Gasteiger partial charge in [0, 0.05) is 12.3 Å². The molecule has 4 atom stereocenters. The third kappa shape index (κ3) is 2.94. The highest BCUT2D eigenvalue weighted by Gasteiger charge is 2.56. The van der Waals surface area contributed by atoms with E-state index >= 15 is 0 Å². The summed E-state index contributed by atoms with van der Waals surface area (Å²) in [5, 5.41) is 0. The molecule has 1 saturated heterocycles. The van der Waals surface area contributed by atoms with E-state index in [0.717, 1.165) is 29.4 Å². The lowest BCUT2D eigenvalue weighted by atomic mass is 9.83. The molecular formula is C23H30O3. The highest BCUT2D eigenvalue weighted by Crippen LogP contribution is 2.54. The van der Waals surface area contributed by atoms with Crippen LogP contribution in [0.2, 0.25) is 0 Å². The number of benzene rings is 1. The summed E-state index contributed by atoms with van der Waals surface area (Å²) in [5.41, 5.74) is 3.56. The van der Waals surface area contributed by atoms with Gasteiger partial charge >= 0.3 is 0 Å². The number of ether oxygens (including phenoxy) is 1. The van der Waals surface area contributed by atoms with Crippen molar-refractivity contribution in [2.45, 2.75) is 75.6 Å². The van der Waals surface area contributed by atoms with Crippen LogP contribution >= 0.6 is 0 Å². The van der Waals surface area contributed by atoms with E-state index in [1.54, 1.807) is 0 Å². The lowest BCUT2D eigenvalue weighted by molar-refractivity contribution is -0.488. The molecule has 3 heteroatoms. The van der Waals surface area contributed by atoms with E-state index in [0.29, 0.717) is 12.5 Å². The first-order valence-electron chi connectivity index (χ1n) is 10.5. The number of hydrogen-bond acceptors (Lipinski definition) is 3. The summed E-state index contributed by atoms with van der Waals surface area (Å²) < 4.78 is 6.23. The largest absolute Gasteiger partial charge is 0.344 e. The second kappa shape index (κ2) is 6.78. The van der Waals surface area contributed by atoms with Gasteiger partial charge in [0.1, 0.15) is 6.10 Å². The molecule has 4 aliphatic rings. The molecule has 0 radical (unpaired) electrons. The van der Waals surface area contributed by atoms with Crippen LogP contribution in [-0.4, -0.2) is 18.5 Å². The van der Waals surface area contributed by atoms with Crippen LogP contribution in [0.3, 0.4) is 0 Å². The van der Waals surface area contributed by atoms with E-state index in [1.165, 1.54) is 56.9 Å². The maximum absolute atomic E-state index is 6.23. The Bertz CT molecular complexity index is 651. The van der Waals surface area contributed by atoms with Gasteiger partial charge < -0.3 is 4.74 Å². The molecule has 1 heterocycles. The fraction of sp³-hybridized carbons (Fsp3) is 0.652. The molecule has 4 unspecified atom stereocenters. The molecular weight excluding hydrogens is 324 g/mol. The van der Waals surface area contributed by atoms with Gasteiger partial charge in [0.25, 0.3) is 0 Å². The molecule has 1 spiro atoms. The maximum atomic E-state index is 6.23. The molecule has 3 nitrogen and oxygen atoms in total. The van der Waals surface area contributed by atoms with Crippen molar-refractivity contribution in [3.05, 3.63) is 42.0 Å². The van der Waals surface area contributed by atoms with Crippen molar-refractivity contribution in [3.8, 4) is 0 Å². The fourth-order valence-electron chi connectivity index (χ4n) is 5.67. The summed E-state index contributed by atoms with van der Waals surface area (Å²) in [6.45, 7) is 4.82. The SMILES string of the molecule is C=C(c1ccc(C2CCCCC2)cc1)C1COC2(CC3CCC2C3)OO1. The number of fused-ring (bicyclic) bond motifs is 3. The number of hydrogen-bond donors (Lipinski definition) is 0. The van der Waals surface area contributed by atoms with Crippen molar-refractivity contribution in [2.75, 3.05) is 6.61 Å². The normalized spacial score (nSPS) is 37.3. The Morgan fingerprint density at radius 2 is 1.81 bits per heavy atom. The Labute approximate surface area is 156 Å². The van der Waals surface area contributed by atoms with Gasteiger partial charge in [-0.2, -0.15) is 0 Å². The van der Waals surface area contributed by atoms with Gasteiger partial charge in [-0.15, -0.1) is 0 Å². The summed E-state index contributed by atoms with van der Waals surface area (Å²) in [7, 11) is 0. The van der Waals surface area contributed by atoms with Crippen molar-refractivity contribution in [1.29, 1.82) is 0 Å². The van der Waals surface area contributed by atoms with Crippen LogP contribution in [0.1, 0.15) is 74.8 Å². The Morgan fingerprint density at radius 3 is 2.42 bits per heavy atom. The van der Waals surface area contributed by atoms with Crippen molar-refractivity contribution in [1.82, 2.24) is 0 Å². The molecule has 0 N–H and O–H groups in total. The first-order valence-corrected chi connectivity index (χ1v) is 10.5. The van der Waals surface area contributed by atoms with Gasteiger partial charge in [0.05, 0.1) is 6.61 Å². The van der Waals surface area contributed by atoms with E-state index in [2.05, 4.69) is 30.8 Å². The Balaban J connectivity index is 1.22.